The van der Waals surface area contributed by atoms with Gasteiger partial charge < -0.3 is 14.2 Å². The van der Waals surface area contributed by atoms with Crippen LogP contribution in [0.15, 0.2) is 72.9 Å². The number of carbonyl (C=O) groups excluding carboxylic acids is 3. The number of esters is 3. The summed E-state index contributed by atoms with van der Waals surface area (Å²) in [6, 6.07) is 0. The fraction of sp³-hybridized carbons (Fsp3) is 0.746. The van der Waals surface area contributed by atoms with Crippen molar-refractivity contribution in [2.24, 2.45) is 0 Å². The molecule has 0 fully saturated rings. The zero-order chi connectivity index (χ0) is 47.2. The summed E-state index contributed by atoms with van der Waals surface area (Å²) < 4.78 is 16.8. The highest BCUT2D eigenvalue weighted by Gasteiger charge is 2.19. The van der Waals surface area contributed by atoms with Gasteiger partial charge in [0.05, 0.1) is 0 Å². The van der Waals surface area contributed by atoms with Gasteiger partial charge in [-0.15, -0.1) is 0 Å². The minimum Gasteiger partial charge on any atom is -0.462 e. The van der Waals surface area contributed by atoms with Crippen molar-refractivity contribution in [1.29, 1.82) is 0 Å². The van der Waals surface area contributed by atoms with Gasteiger partial charge in [-0.3, -0.25) is 14.4 Å². The first-order chi connectivity index (χ1) is 32.0. The van der Waals surface area contributed by atoms with Gasteiger partial charge in [-0.1, -0.05) is 209 Å². The van der Waals surface area contributed by atoms with E-state index in [1.165, 1.54) is 116 Å². The van der Waals surface area contributed by atoms with Gasteiger partial charge in [-0.2, -0.15) is 0 Å². The summed E-state index contributed by atoms with van der Waals surface area (Å²) >= 11 is 0. The molecular weight excluding hydrogens is 805 g/mol. The predicted octanol–water partition coefficient (Wildman–Crippen LogP) is 18.2. The van der Waals surface area contributed by atoms with Crippen molar-refractivity contribution in [3.63, 3.8) is 0 Å². The van der Waals surface area contributed by atoms with E-state index >= 15 is 0 Å². The summed E-state index contributed by atoms with van der Waals surface area (Å²) in [4.78, 5) is 38.1. The SMILES string of the molecule is CC/C=C\C/C=C\C/C=C\C/C=C\CCCCCCCCC(=O)OCC(COC(=O)CCCCCCC/C=C\CCCCCCC)OC(=O)CCCCCCC/C=C\CCCCCCC. The largest absolute Gasteiger partial charge is 0.462 e. The van der Waals surface area contributed by atoms with Crippen LogP contribution < -0.4 is 0 Å². The van der Waals surface area contributed by atoms with Gasteiger partial charge in [-0.05, 0) is 109 Å². The Hall–Kier alpha value is -3.15. The van der Waals surface area contributed by atoms with Gasteiger partial charge in [0, 0.05) is 19.3 Å². The van der Waals surface area contributed by atoms with Gasteiger partial charge in [0.15, 0.2) is 6.10 Å². The monoisotopic (exact) mass is 907 g/mol. The van der Waals surface area contributed by atoms with E-state index in [9.17, 15) is 14.4 Å². The van der Waals surface area contributed by atoms with Crippen LogP contribution in [0.4, 0.5) is 0 Å². The number of unbranched alkanes of at least 4 members (excludes halogenated alkanes) is 26. The molecule has 6 nitrogen and oxygen atoms in total. The van der Waals surface area contributed by atoms with Crippen LogP contribution in [0, 0.1) is 0 Å². The quantitative estimate of drug-likeness (QED) is 0.0262. The maximum Gasteiger partial charge on any atom is 0.306 e. The fourth-order valence-electron chi connectivity index (χ4n) is 7.54. The average molecular weight is 907 g/mol. The third-order valence-electron chi connectivity index (χ3n) is 11.7. The highest BCUT2D eigenvalue weighted by Crippen LogP contribution is 2.14. The molecular formula is C59H102O6. The summed E-state index contributed by atoms with van der Waals surface area (Å²) in [7, 11) is 0. The van der Waals surface area contributed by atoms with Gasteiger partial charge in [-0.25, -0.2) is 0 Å². The van der Waals surface area contributed by atoms with Crippen LogP contribution in [-0.4, -0.2) is 37.2 Å². The van der Waals surface area contributed by atoms with Crippen LogP contribution in [0.1, 0.15) is 265 Å². The number of ether oxygens (including phenoxy) is 3. The number of allylic oxidation sites excluding steroid dienone is 12. The fourth-order valence-corrected chi connectivity index (χ4v) is 7.54. The molecule has 0 N–H and O–H groups in total. The molecule has 0 aromatic heterocycles. The first-order valence-electron chi connectivity index (χ1n) is 27.4. The lowest BCUT2D eigenvalue weighted by atomic mass is 10.1. The summed E-state index contributed by atoms with van der Waals surface area (Å²) in [6.07, 6.45) is 67.4. The maximum absolute atomic E-state index is 12.8. The zero-order valence-electron chi connectivity index (χ0n) is 42.7. The summed E-state index contributed by atoms with van der Waals surface area (Å²) in [6.45, 7) is 6.49. The molecule has 0 aliphatic rings. The van der Waals surface area contributed by atoms with Crippen LogP contribution in [-0.2, 0) is 28.6 Å². The van der Waals surface area contributed by atoms with Gasteiger partial charge in [0.25, 0.3) is 0 Å². The standard InChI is InChI=1S/C59H102O6/c1-4-7-10-13-16-19-22-25-28-29-30-31-32-35-37-40-43-46-49-52-58(61)64-55-56(65-59(62)53-50-47-44-41-38-34-27-24-21-18-15-12-9-6-3)54-63-57(60)51-48-45-42-39-36-33-26-23-20-17-14-11-8-5-2/h7,10,16,19,23-28,30-31,56H,4-6,8-9,11-15,17-18,20-22,29,32-55H2,1-3H3/b10-7-,19-16-,26-23-,27-24-,28-25-,31-30-. The van der Waals surface area contributed by atoms with E-state index in [2.05, 4.69) is 93.7 Å². The second-order valence-corrected chi connectivity index (χ2v) is 18.1. The van der Waals surface area contributed by atoms with Gasteiger partial charge in [0.1, 0.15) is 13.2 Å². The minimum absolute atomic E-state index is 0.0873. The second kappa shape index (κ2) is 53.5. The number of carbonyl (C=O) groups is 3. The van der Waals surface area contributed by atoms with E-state index in [0.29, 0.717) is 19.3 Å². The van der Waals surface area contributed by atoms with Crippen molar-refractivity contribution in [2.75, 3.05) is 13.2 Å². The molecule has 374 valence electrons. The summed E-state index contributed by atoms with van der Waals surface area (Å²) in [5, 5.41) is 0. The zero-order valence-corrected chi connectivity index (χ0v) is 42.7. The Morgan fingerprint density at radius 3 is 0.954 bits per heavy atom. The van der Waals surface area contributed by atoms with E-state index in [1.807, 2.05) is 0 Å². The lowest BCUT2D eigenvalue weighted by Crippen LogP contribution is -2.30. The van der Waals surface area contributed by atoms with Crippen molar-refractivity contribution >= 4 is 17.9 Å². The molecule has 1 atom stereocenters. The Labute approximate surface area is 402 Å². The summed E-state index contributed by atoms with van der Waals surface area (Å²) in [5.41, 5.74) is 0. The Morgan fingerprint density at radius 2 is 0.600 bits per heavy atom. The lowest BCUT2D eigenvalue weighted by Gasteiger charge is -2.18. The average Bonchev–Trinajstić information content (AvgIpc) is 3.30. The molecule has 1 unspecified atom stereocenters. The molecule has 0 aromatic rings. The smallest absolute Gasteiger partial charge is 0.306 e. The van der Waals surface area contributed by atoms with Crippen molar-refractivity contribution in [1.82, 2.24) is 0 Å². The lowest BCUT2D eigenvalue weighted by molar-refractivity contribution is -0.167. The van der Waals surface area contributed by atoms with E-state index in [0.717, 1.165) is 109 Å². The molecule has 0 saturated carbocycles. The van der Waals surface area contributed by atoms with Crippen LogP contribution in [0.3, 0.4) is 0 Å². The van der Waals surface area contributed by atoms with Crippen molar-refractivity contribution in [3.05, 3.63) is 72.9 Å². The van der Waals surface area contributed by atoms with E-state index in [4.69, 9.17) is 14.2 Å². The van der Waals surface area contributed by atoms with Gasteiger partial charge >= 0.3 is 17.9 Å². The molecule has 0 rings (SSSR count). The topological polar surface area (TPSA) is 78.9 Å². The van der Waals surface area contributed by atoms with E-state index in [-0.39, 0.29) is 31.1 Å². The molecule has 65 heavy (non-hydrogen) atoms. The number of hydrogen-bond acceptors (Lipinski definition) is 6. The van der Waals surface area contributed by atoms with Crippen LogP contribution in [0.5, 0.6) is 0 Å². The first-order valence-corrected chi connectivity index (χ1v) is 27.4. The highest BCUT2D eigenvalue weighted by atomic mass is 16.6. The molecule has 0 aromatic carbocycles. The van der Waals surface area contributed by atoms with Crippen LogP contribution in [0.25, 0.3) is 0 Å². The van der Waals surface area contributed by atoms with Crippen LogP contribution >= 0.6 is 0 Å². The Balaban J connectivity index is 4.41. The minimum atomic E-state index is -0.788. The van der Waals surface area contributed by atoms with Crippen LogP contribution in [0.2, 0.25) is 0 Å². The second-order valence-electron chi connectivity index (χ2n) is 18.1. The molecule has 6 heteroatoms. The van der Waals surface area contributed by atoms with Gasteiger partial charge in [0.2, 0.25) is 0 Å². The summed E-state index contributed by atoms with van der Waals surface area (Å²) in [5.74, 6) is -0.913. The number of rotatable bonds is 49. The first kappa shape index (κ1) is 61.9. The van der Waals surface area contributed by atoms with E-state index in [1.54, 1.807) is 0 Å². The highest BCUT2D eigenvalue weighted by molar-refractivity contribution is 5.71. The molecule has 0 aliphatic heterocycles. The molecule has 0 amide bonds. The third kappa shape index (κ3) is 51.7. The van der Waals surface area contributed by atoms with Crippen molar-refractivity contribution in [3.8, 4) is 0 Å². The molecule has 0 saturated heterocycles. The van der Waals surface area contributed by atoms with Crippen molar-refractivity contribution in [2.45, 2.75) is 271 Å². The Morgan fingerprint density at radius 1 is 0.323 bits per heavy atom. The third-order valence-corrected chi connectivity index (χ3v) is 11.7. The Kier molecular flexibility index (Phi) is 50.9. The maximum atomic E-state index is 12.8. The number of hydrogen-bond donors (Lipinski definition) is 0. The Bertz CT molecular complexity index is 1230. The predicted molar refractivity (Wildman–Crippen MR) is 279 cm³/mol. The molecule has 0 bridgehead atoms. The molecule has 0 spiro atoms. The normalized spacial score (nSPS) is 12.6. The molecule has 0 aliphatic carbocycles. The molecule has 0 heterocycles. The van der Waals surface area contributed by atoms with Crippen molar-refractivity contribution < 1.29 is 28.6 Å². The van der Waals surface area contributed by atoms with E-state index < -0.39 is 6.10 Å². The molecule has 0 radical (unpaired) electrons.